The number of hydrogen-bond donors (Lipinski definition) is 1. The zero-order valence-corrected chi connectivity index (χ0v) is 16.7. The van der Waals surface area contributed by atoms with Crippen LogP contribution in [-0.4, -0.2) is 55.5 Å². The summed E-state index contributed by atoms with van der Waals surface area (Å²) in [6.07, 6.45) is 0. The molecule has 4 rings (SSSR count). The van der Waals surface area contributed by atoms with Crippen molar-refractivity contribution >= 4 is 16.9 Å². The lowest BCUT2D eigenvalue weighted by Crippen LogP contribution is -2.48. The first-order valence-electron chi connectivity index (χ1n) is 9.78. The van der Waals surface area contributed by atoms with Crippen molar-refractivity contribution in [2.24, 2.45) is 0 Å². The molecule has 1 aliphatic rings. The number of carbonyl (C=O) groups excluding carboxylic acids is 1. The molecule has 1 aromatic carbocycles. The van der Waals surface area contributed by atoms with Crippen molar-refractivity contribution in [3.05, 3.63) is 59.2 Å². The predicted octanol–water partition coefficient (Wildman–Crippen LogP) is 3.36. The van der Waals surface area contributed by atoms with Crippen molar-refractivity contribution in [3.8, 4) is 0 Å². The highest BCUT2D eigenvalue weighted by Crippen LogP contribution is 2.26. The second-order valence-corrected chi connectivity index (χ2v) is 7.57. The molecule has 0 radical (unpaired) electrons. The Kier molecular flexibility index (Phi) is 5.24. The average Bonchev–Trinajstić information content (AvgIpc) is 3.27. The number of nitrogens with zero attached hydrogens (tertiary/aromatic N) is 2. The van der Waals surface area contributed by atoms with Crippen LogP contribution in [0.3, 0.4) is 0 Å². The van der Waals surface area contributed by atoms with Crippen molar-refractivity contribution in [3.63, 3.8) is 0 Å². The van der Waals surface area contributed by atoms with Crippen LogP contribution in [0.4, 0.5) is 0 Å². The molecule has 1 saturated heterocycles. The van der Waals surface area contributed by atoms with Crippen LogP contribution in [0.25, 0.3) is 11.0 Å². The molecule has 1 aliphatic heterocycles. The molecule has 0 saturated carbocycles. The molecule has 1 fully saturated rings. The van der Waals surface area contributed by atoms with Gasteiger partial charge in [-0.1, -0.05) is 18.2 Å². The first kappa shape index (κ1) is 18.8. The molecular formula is C22H27N3O3. The summed E-state index contributed by atoms with van der Waals surface area (Å²) in [6.45, 7) is 8.25. The zero-order chi connectivity index (χ0) is 19.7. The van der Waals surface area contributed by atoms with E-state index in [1.807, 2.05) is 50.2 Å². The molecule has 6 heteroatoms. The normalized spacial score (nSPS) is 17.1. The van der Waals surface area contributed by atoms with Gasteiger partial charge in [-0.3, -0.25) is 9.69 Å². The Balaban J connectivity index is 1.51. The number of furan rings is 2. The lowest BCUT2D eigenvalue weighted by atomic mass is 10.1. The quantitative estimate of drug-likeness (QED) is 0.734. The lowest BCUT2D eigenvalue weighted by Gasteiger charge is -2.37. The van der Waals surface area contributed by atoms with E-state index in [9.17, 15) is 4.79 Å². The van der Waals surface area contributed by atoms with Gasteiger partial charge in [-0.2, -0.15) is 0 Å². The van der Waals surface area contributed by atoms with Gasteiger partial charge in [0.25, 0.3) is 5.91 Å². The molecule has 1 atom stereocenters. The molecule has 0 aliphatic carbocycles. The largest absolute Gasteiger partial charge is 0.465 e. The topological polar surface area (TPSA) is 61.9 Å². The highest BCUT2D eigenvalue weighted by Gasteiger charge is 2.27. The number of carbonyl (C=O) groups is 1. The molecular weight excluding hydrogens is 354 g/mol. The third-order valence-electron chi connectivity index (χ3n) is 5.57. The summed E-state index contributed by atoms with van der Waals surface area (Å²) in [6, 6.07) is 11.7. The predicted molar refractivity (Wildman–Crippen MR) is 109 cm³/mol. The van der Waals surface area contributed by atoms with E-state index in [-0.39, 0.29) is 11.9 Å². The summed E-state index contributed by atoms with van der Waals surface area (Å²) in [5.74, 6) is 1.97. The van der Waals surface area contributed by atoms with E-state index in [4.69, 9.17) is 8.83 Å². The summed E-state index contributed by atoms with van der Waals surface area (Å²) in [5, 5.41) is 4.05. The third-order valence-corrected chi connectivity index (χ3v) is 5.57. The van der Waals surface area contributed by atoms with Crippen LogP contribution in [0.5, 0.6) is 0 Å². The Hall–Kier alpha value is -2.57. The number of amides is 1. The number of hydrogen-bond acceptors (Lipinski definition) is 5. The van der Waals surface area contributed by atoms with E-state index in [1.54, 1.807) is 0 Å². The van der Waals surface area contributed by atoms with Gasteiger partial charge in [-0.25, -0.2) is 0 Å². The fourth-order valence-electron chi connectivity index (χ4n) is 3.84. The van der Waals surface area contributed by atoms with Gasteiger partial charge in [-0.05, 0) is 39.1 Å². The van der Waals surface area contributed by atoms with Crippen LogP contribution in [0.1, 0.15) is 33.7 Å². The maximum atomic E-state index is 12.8. The SMILES string of the molecule is Cc1ccc([C@@H](CNC(=O)c2oc3ccccc3c2C)N2CCN(C)CC2)o1. The second-order valence-electron chi connectivity index (χ2n) is 7.57. The van der Waals surface area contributed by atoms with Gasteiger partial charge in [0.15, 0.2) is 5.76 Å². The summed E-state index contributed by atoms with van der Waals surface area (Å²) in [7, 11) is 2.13. The van der Waals surface area contributed by atoms with Gasteiger partial charge in [0.2, 0.25) is 0 Å². The Morgan fingerprint density at radius 1 is 1.07 bits per heavy atom. The molecule has 6 nitrogen and oxygen atoms in total. The first-order chi connectivity index (χ1) is 13.5. The summed E-state index contributed by atoms with van der Waals surface area (Å²) >= 11 is 0. The van der Waals surface area contributed by atoms with Gasteiger partial charge in [0.1, 0.15) is 17.1 Å². The van der Waals surface area contributed by atoms with E-state index in [2.05, 4.69) is 22.2 Å². The van der Waals surface area contributed by atoms with E-state index in [0.717, 1.165) is 54.2 Å². The maximum absolute atomic E-state index is 12.8. The molecule has 3 aromatic rings. The maximum Gasteiger partial charge on any atom is 0.287 e. The van der Waals surface area contributed by atoms with Gasteiger partial charge in [-0.15, -0.1) is 0 Å². The fraction of sp³-hybridized carbons (Fsp3) is 0.409. The van der Waals surface area contributed by atoms with E-state index in [0.29, 0.717) is 12.3 Å². The highest BCUT2D eigenvalue weighted by atomic mass is 16.3. The fourth-order valence-corrected chi connectivity index (χ4v) is 3.84. The van der Waals surface area contributed by atoms with Crippen LogP contribution in [0, 0.1) is 13.8 Å². The molecule has 0 unspecified atom stereocenters. The monoisotopic (exact) mass is 381 g/mol. The van der Waals surface area contributed by atoms with Crippen LogP contribution >= 0.6 is 0 Å². The minimum Gasteiger partial charge on any atom is -0.465 e. The number of benzene rings is 1. The first-order valence-corrected chi connectivity index (χ1v) is 9.78. The van der Waals surface area contributed by atoms with Crippen molar-refractivity contribution in [1.82, 2.24) is 15.1 Å². The van der Waals surface area contributed by atoms with Crippen LogP contribution in [-0.2, 0) is 0 Å². The molecule has 0 spiro atoms. The number of likely N-dealkylation sites (N-methyl/N-ethyl adjacent to an activating group) is 1. The summed E-state index contributed by atoms with van der Waals surface area (Å²) < 4.78 is 11.7. The Bertz CT molecular complexity index is 966. The number of nitrogens with one attached hydrogen (secondary N) is 1. The van der Waals surface area contributed by atoms with Crippen molar-refractivity contribution < 1.29 is 13.6 Å². The molecule has 2 aromatic heterocycles. The van der Waals surface area contributed by atoms with Crippen LogP contribution in [0.15, 0.2) is 45.2 Å². The van der Waals surface area contributed by atoms with Gasteiger partial charge >= 0.3 is 0 Å². The standard InChI is InChI=1S/C22H27N3O3/c1-15-8-9-20(27-15)18(25-12-10-24(3)11-13-25)14-23-22(26)21-16(2)17-6-4-5-7-19(17)28-21/h4-9,18H,10-14H2,1-3H3,(H,23,26)/t18-/m1/s1. The molecule has 3 heterocycles. The zero-order valence-electron chi connectivity index (χ0n) is 16.7. The van der Waals surface area contributed by atoms with Crippen LogP contribution in [0.2, 0.25) is 0 Å². The number of fused-ring (bicyclic) bond motifs is 1. The molecule has 0 bridgehead atoms. The van der Waals surface area contributed by atoms with Crippen LogP contribution < -0.4 is 5.32 Å². The minimum absolute atomic E-state index is 0.0102. The molecule has 28 heavy (non-hydrogen) atoms. The molecule has 1 amide bonds. The number of piperazine rings is 1. The van der Waals surface area contributed by atoms with E-state index in [1.165, 1.54) is 0 Å². The van der Waals surface area contributed by atoms with Crippen molar-refractivity contribution in [2.45, 2.75) is 19.9 Å². The summed E-state index contributed by atoms with van der Waals surface area (Å²) in [5.41, 5.74) is 1.61. The van der Waals surface area contributed by atoms with E-state index < -0.39 is 0 Å². The van der Waals surface area contributed by atoms with Crippen molar-refractivity contribution in [2.75, 3.05) is 39.8 Å². The number of para-hydroxylation sites is 1. The van der Waals surface area contributed by atoms with Gasteiger partial charge in [0.05, 0.1) is 6.04 Å². The van der Waals surface area contributed by atoms with Gasteiger partial charge in [0, 0.05) is 43.7 Å². The minimum atomic E-state index is -0.184. The third kappa shape index (κ3) is 3.70. The Labute approximate surface area is 165 Å². The Morgan fingerprint density at radius 3 is 2.50 bits per heavy atom. The highest BCUT2D eigenvalue weighted by molar-refractivity contribution is 5.98. The molecule has 148 valence electrons. The smallest absolute Gasteiger partial charge is 0.287 e. The summed E-state index contributed by atoms with van der Waals surface area (Å²) in [4.78, 5) is 17.5. The second kappa shape index (κ2) is 7.81. The molecule has 1 N–H and O–H groups in total. The van der Waals surface area contributed by atoms with E-state index >= 15 is 0 Å². The lowest BCUT2D eigenvalue weighted by molar-refractivity contribution is 0.0831. The average molecular weight is 381 g/mol. The number of aryl methyl sites for hydroxylation is 2. The van der Waals surface area contributed by atoms with Crippen molar-refractivity contribution in [1.29, 1.82) is 0 Å². The Morgan fingerprint density at radius 2 is 1.82 bits per heavy atom. The number of rotatable bonds is 5. The van der Waals surface area contributed by atoms with Gasteiger partial charge < -0.3 is 19.1 Å².